The molecule has 0 aromatic carbocycles. The van der Waals surface area contributed by atoms with E-state index in [9.17, 15) is 10.1 Å². The predicted octanol–water partition coefficient (Wildman–Crippen LogP) is 1.42. The van der Waals surface area contributed by atoms with E-state index in [4.69, 9.17) is 0 Å². The third-order valence-corrected chi connectivity index (χ3v) is 3.05. The summed E-state index contributed by atoms with van der Waals surface area (Å²) in [4.78, 5) is 15.3. The lowest BCUT2D eigenvalue weighted by Crippen LogP contribution is -2.28. The molecule has 1 atom stereocenters. The number of esters is 1. The maximum absolute atomic E-state index is 11.1. The molecule has 0 spiro atoms. The number of rotatable bonds is 4. The Bertz CT molecular complexity index is 647. The van der Waals surface area contributed by atoms with Crippen molar-refractivity contribution in [2.24, 2.45) is 0 Å². The second kappa shape index (κ2) is 5.82. The smallest absolute Gasteiger partial charge is 0.319 e. The minimum atomic E-state index is -0.684. The molecule has 2 aromatic rings. The number of nitriles is 1. The highest BCUT2D eigenvalue weighted by Crippen LogP contribution is 2.17. The van der Waals surface area contributed by atoms with Crippen molar-refractivity contribution in [1.82, 2.24) is 14.7 Å². The average Bonchev–Trinajstić information content (AvgIpc) is 2.82. The summed E-state index contributed by atoms with van der Waals surface area (Å²) < 4.78 is 7.20. The minimum absolute atomic E-state index is 0.0440. The highest BCUT2D eigenvalue weighted by atomic mass is 79.9. The van der Waals surface area contributed by atoms with E-state index < -0.39 is 12.0 Å². The zero-order valence-electron chi connectivity index (χ0n) is 10.1. The van der Waals surface area contributed by atoms with Crippen molar-refractivity contribution in [2.75, 3.05) is 13.7 Å². The standard InChI is InChI=1S/C12H11BrN4O2/c1-19-11(18)6-15-10(4-14)12-16-5-9-3-2-8(13)7-17(9)12/h2-3,5,7,10,15H,6H2,1H3. The summed E-state index contributed by atoms with van der Waals surface area (Å²) >= 11 is 3.37. The topological polar surface area (TPSA) is 79.4 Å². The van der Waals surface area contributed by atoms with Gasteiger partial charge in [-0.05, 0) is 28.1 Å². The normalized spacial score (nSPS) is 12.1. The van der Waals surface area contributed by atoms with Crippen LogP contribution in [0.2, 0.25) is 0 Å². The molecule has 0 bridgehead atoms. The maximum atomic E-state index is 11.1. The Labute approximate surface area is 118 Å². The molecular weight excluding hydrogens is 312 g/mol. The van der Waals surface area contributed by atoms with E-state index in [0.717, 1.165) is 9.99 Å². The molecule has 0 amide bonds. The first-order chi connectivity index (χ1) is 9.15. The number of ether oxygens (including phenoxy) is 1. The van der Waals surface area contributed by atoms with E-state index in [2.05, 4.69) is 37.0 Å². The van der Waals surface area contributed by atoms with Crippen LogP contribution in [0.3, 0.4) is 0 Å². The molecule has 6 nitrogen and oxygen atoms in total. The zero-order chi connectivity index (χ0) is 13.8. The van der Waals surface area contributed by atoms with Crippen LogP contribution in [-0.2, 0) is 9.53 Å². The Morgan fingerprint density at radius 2 is 2.47 bits per heavy atom. The lowest BCUT2D eigenvalue weighted by molar-refractivity contribution is -0.139. The number of nitrogens with one attached hydrogen (secondary N) is 1. The quantitative estimate of drug-likeness (QED) is 0.861. The predicted molar refractivity (Wildman–Crippen MR) is 71.3 cm³/mol. The van der Waals surface area contributed by atoms with E-state index in [1.165, 1.54) is 7.11 Å². The van der Waals surface area contributed by atoms with Gasteiger partial charge < -0.3 is 9.14 Å². The van der Waals surface area contributed by atoms with E-state index in [1.807, 2.05) is 18.3 Å². The van der Waals surface area contributed by atoms with Crippen LogP contribution >= 0.6 is 15.9 Å². The molecule has 0 saturated carbocycles. The van der Waals surface area contributed by atoms with E-state index in [1.54, 1.807) is 10.6 Å². The van der Waals surface area contributed by atoms with Crippen molar-refractivity contribution in [1.29, 1.82) is 5.26 Å². The van der Waals surface area contributed by atoms with Crippen molar-refractivity contribution in [3.8, 4) is 6.07 Å². The summed E-state index contributed by atoms with van der Waals surface area (Å²) in [6, 6.07) is 5.17. The third kappa shape index (κ3) is 2.92. The zero-order valence-corrected chi connectivity index (χ0v) is 11.7. The highest BCUT2D eigenvalue weighted by molar-refractivity contribution is 9.10. The van der Waals surface area contributed by atoms with Gasteiger partial charge in [-0.25, -0.2) is 4.98 Å². The summed E-state index contributed by atoms with van der Waals surface area (Å²) in [7, 11) is 1.30. The van der Waals surface area contributed by atoms with Gasteiger partial charge in [0.2, 0.25) is 0 Å². The van der Waals surface area contributed by atoms with Gasteiger partial charge in [0.1, 0.15) is 5.82 Å². The summed E-state index contributed by atoms with van der Waals surface area (Å²) in [5.74, 6) is 0.102. The van der Waals surface area contributed by atoms with Crippen LogP contribution in [0.15, 0.2) is 29.0 Å². The number of hydrogen-bond acceptors (Lipinski definition) is 5. The van der Waals surface area contributed by atoms with Gasteiger partial charge in [-0.1, -0.05) is 0 Å². The molecule has 0 aliphatic heterocycles. The minimum Gasteiger partial charge on any atom is -0.468 e. The van der Waals surface area contributed by atoms with E-state index in [0.29, 0.717) is 5.82 Å². The first-order valence-electron chi connectivity index (χ1n) is 5.48. The van der Waals surface area contributed by atoms with Gasteiger partial charge in [-0.15, -0.1) is 0 Å². The second-order valence-corrected chi connectivity index (χ2v) is 4.69. The van der Waals surface area contributed by atoms with Crippen molar-refractivity contribution < 1.29 is 9.53 Å². The number of halogens is 1. The van der Waals surface area contributed by atoms with Gasteiger partial charge in [0.25, 0.3) is 0 Å². The molecule has 2 aromatic heterocycles. The molecule has 1 unspecified atom stereocenters. The van der Waals surface area contributed by atoms with Crippen LogP contribution in [-0.4, -0.2) is 29.0 Å². The molecule has 0 saturated heterocycles. The maximum Gasteiger partial charge on any atom is 0.319 e. The fourth-order valence-corrected chi connectivity index (χ4v) is 1.99. The molecule has 2 rings (SSSR count). The van der Waals surface area contributed by atoms with Crippen molar-refractivity contribution in [3.63, 3.8) is 0 Å². The molecule has 1 N–H and O–H groups in total. The van der Waals surface area contributed by atoms with Gasteiger partial charge in [-0.2, -0.15) is 5.26 Å². The Hall–Kier alpha value is -1.91. The van der Waals surface area contributed by atoms with Crippen LogP contribution in [0, 0.1) is 11.3 Å². The molecule has 19 heavy (non-hydrogen) atoms. The summed E-state index contributed by atoms with van der Waals surface area (Å²) in [6.45, 7) is -0.0440. The Morgan fingerprint density at radius 3 is 3.16 bits per heavy atom. The van der Waals surface area contributed by atoms with Crippen LogP contribution in [0.1, 0.15) is 11.9 Å². The third-order valence-electron chi connectivity index (χ3n) is 2.59. The van der Waals surface area contributed by atoms with Crippen LogP contribution in [0.4, 0.5) is 0 Å². The first kappa shape index (κ1) is 13.5. The fourth-order valence-electron chi connectivity index (χ4n) is 1.65. The Balaban J connectivity index is 2.28. The van der Waals surface area contributed by atoms with Gasteiger partial charge >= 0.3 is 5.97 Å². The van der Waals surface area contributed by atoms with Crippen molar-refractivity contribution in [2.45, 2.75) is 6.04 Å². The van der Waals surface area contributed by atoms with Crippen LogP contribution in [0.5, 0.6) is 0 Å². The average molecular weight is 323 g/mol. The number of carbonyl (C=O) groups is 1. The molecule has 0 fully saturated rings. The molecule has 0 aliphatic rings. The number of methoxy groups -OCH3 is 1. The number of nitrogens with zero attached hydrogens (tertiary/aromatic N) is 3. The number of carbonyl (C=O) groups excluding carboxylic acids is 1. The monoisotopic (exact) mass is 322 g/mol. The van der Waals surface area contributed by atoms with Crippen LogP contribution in [0.25, 0.3) is 5.52 Å². The lowest BCUT2D eigenvalue weighted by Gasteiger charge is -2.10. The van der Waals surface area contributed by atoms with Crippen LogP contribution < -0.4 is 5.32 Å². The fraction of sp³-hybridized carbons (Fsp3) is 0.250. The van der Waals surface area contributed by atoms with E-state index >= 15 is 0 Å². The molecule has 0 aliphatic carbocycles. The summed E-state index contributed by atoms with van der Waals surface area (Å²) in [5, 5.41) is 12.0. The van der Waals surface area contributed by atoms with Gasteiger partial charge in [0, 0.05) is 10.7 Å². The number of aromatic nitrogens is 2. The highest BCUT2D eigenvalue weighted by Gasteiger charge is 2.17. The SMILES string of the molecule is COC(=O)CNC(C#N)c1ncc2ccc(Br)cn12. The number of imidazole rings is 1. The summed E-state index contributed by atoms with van der Waals surface area (Å²) in [5.41, 5.74) is 0.873. The summed E-state index contributed by atoms with van der Waals surface area (Å²) in [6.07, 6.45) is 3.49. The number of pyridine rings is 1. The first-order valence-corrected chi connectivity index (χ1v) is 6.27. The van der Waals surface area contributed by atoms with Crippen molar-refractivity contribution >= 4 is 27.4 Å². The van der Waals surface area contributed by atoms with Gasteiger partial charge in [-0.3, -0.25) is 10.1 Å². The number of fused-ring (bicyclic) bond motifs is 1. The van der Waals surface area contributed by atoms with E-state index in [-0.39, 0.29) is 6.54 Å². The molecule has 0 radical (unpaired) electrons. The number of hydrogen-bond donors (Lipinski definition) is 1. The van der Waals surface area contributed by atoms with Gasteiger partial charge in [0.05, 0.1) is 31.4 Å². The second-order valence-electron chi connectivity index (χ2n) is 3.78. The lowest BCUT2D eigenvalue weighted by atomic mass is 10.3. The molecule has 98 valence electrons. The molecular formula is C12H11BrN4O2. The Kier molecular flexibility index (Phi) is 4.14. The van der Waals surface area contributed by atoms with Crippen molar-refractivity contribution in [3.05, 3.63) is 34.8 Å². The Morgan fingerprint density at radius 1 is 1.68 bits per heavy atom. The molecule has 2 heterocycles. The largest absolute Gasteiger partial charge is 0.468 e. The molecule has 7 heteroatoms. The van der Waals surface area contributed by atoms with Gasteiger partial charge in [0.15, 0.2) is 6.04 Å².